The second kappa shape index (κ2) is 12.4. The number of hydrogen-bond donors (Lipinski definition) is 1. The van der Waals surface area contributed by atoms with Crippen molar-refractivity contribution in [1.29, 1.82) is 0 Å². The largest absolute Gasteiger partial charge is 0.497 e. The van der Waals surface area contributed by atoms with Crippen LogP contribution in [0.3, 0.4) is 0 Å². The molecule has 0 bridgehead atoms. The topological polar surface area (TPSA) is 95.3 Å². The van der Waals surface area contributed by atoms with Gasteiger partial charge in [0.25, 0.3) is 0 Å². The van der Waals surface area contributed by atoms with Crippen molar-refractivity contribution in [2.75, 3.05) is 25.3 Å². The van der Waals surface area contributed by atoms with Crippen molar-refractivity contribution in [3.8, 4) is 5.75 Å². The van der Waals surface area contributed by atoms with Gasteiger partial charge in [-0.1, -0.05) is 36.7 Å². The molecule has 4 rings (SSSR count). The van der Waals surface area contributed by atoms with Crippen LogP contribution in [0.4, 0.5) is 5.00 Å². The van der Waals surface area contributed by atoms with Crippen LogP contribution in [0.25, 0.3) is 0 Å². The summed E-state index contributed by atoms with van der Waals surface area (Å²) in [5.41, 5.74) is 2.68. The van der Waals surface area contributed by atoms with Crippen molar-refractivity contribution in [2.45, 2.75) is 63.6 Å². The molecule has 0 saturated carbocycles. The number of thiophene rings is 1. The second-order valence-corrected chi connectivity index (χ2v) is 10.7. The lowest BCUT2D eigenvalue weighted by Gasteiger charge is -2.11. The van der Waals surface area contributed by atoms with Crippen LogP contribution in [-0.4, -0.2) is 46.6 Å². The molecule has 0 spiro atoms. The SMILES string of the molecule is CCn1c(Cc2ccc(OC)cc2)nnc1SCC(=O)Nc1sc2c(c1C(=O)OC)CCCCCC2. The van der Waals surface area contributed by atoms with E-state index in [1.807, 2.05) is 35.8 Å². The Hall–Kier alpha value is -2.85. The number of amides is 1. The number of benzene rings is 1. The molecule has 0 atom stereocenters. The Balaban J connectivity index is 1.44. The Bertz CT molecular complexity index is 1200. The maximum atomic E-state index is 12.9. The van der Waals surface area contributed by atoms with E-state index in [2.05, 4.69) is 15.5 Å². The van der Waals surface area contributed by atoms with Crippen LogP contribution in [0.2, 0.25) is 0 Å². The van der Waals surface area contributed by atoms with E-state index in [0.717, 1.165) is 54.8 Å². The van der Waals surface area contributed by atoms with Gasteiger partial charge in [-0.2, -0.15) is 0 Å². The van der Waals surface area contributed by atoms with E-state index in [1.165, 1.54) is 41.5 Å². The lowest BCUT2D eigenvalue weighted by atomic mass is 9.96. The van der Waals surface area contributed by atoms with Crippen molar-refractivity contribution in [3.63, 3.8) is 0 Å². The van der Waals surface area contributed by atoms with Crippen molar-refractivity contribution in [2.24, 2.45) is 0 Å². The van der Waals surface area contributed by atoms with E-state index in [1.54, 1.807) is 7.11 Å². The third-order valence-electron chi connectivity index (χ3n) is 6.28. The van der Waals surface area contributed by atoms with Crippen molar-refractivity contribution in [3.05, 3.63) is 51.7 Å². The highest BCUT2D eigenvalue weighted by molar-refractivity contribution is 7.99. The number of aromatic nitrogens is 3. The first-order valence-electron chi connectivity index (χ1n) is 12.2. The number of methoxy groups -OCH3 is 2. The van der Waals surface area contributed by atoms with E-state index in [9.17, 15) is 9.59 Å². The summed E-state index contributed by atoms with van der Waals surface area (Å²) in [6.07, 6.45) is 6.92. The monoisotopic (exact) mass is 528 g/mol. The standard InChI is InChI=1S/C26H32N4O4S2/c1-4-30-21(15-17-11-13-18(33-2)14-12-17)28-29-26(30)35-16-22(31)27-24-23(25(32)34-3)19-9-7-5-6-8-10-20(19)36-24/h11-14H,4-10,15-16H2,1-3H3,(H,27,31). The highest BCUT2D eigenvalue weighted by Gasteiger charge is 2.26. The summed E-state index contributed by atoms with van der Waals surface area (Å²) >= 11 is 2.85. The minimum absolute atomic E-state index is 0.170. The number of rotatable bonds is 9. The van der Waals surface area contributed by atoms with E-state index in [-0.39, 0.29) is 17.6 Å². The number of esters is 1. The van der Waals surface area contributed by atoms with Gasteiger partial charge in [-0.05, 0) is 55.9 Å². The van der Waals surface area contributed by atoms with Crippen molar-refractivity contribution in [1.82, 2.24) is 14.8 Å². The Morgan fingerprint density at radius 2 is 1.83 bits per heavy atom. The quantitative estimate of drug-likeness (QED) is 0.304. The van der Waals surface area contributed by atoms with Crippen LogP contribution in [0.5, 0.6) is 5.75 Å². The number of anilines is 1. The predicted molar refractivity (Wildman–Crippen MR) is 142 cm³/mol. The Labute approximate surface area is 219 Å². The fourth-order valence-corrected chi connectivity index (χ4v) is 6.53. The molecule has 1 aromatic carbocycles. The minimum Gasteiger partial charge on any atom is -0.497 e. The first-order valence-corrected chi connectivity index (χ1v) is 14.0. The molecule has 2 heterocycles. The average molecular weight is 529 g/mol. The molecule has 1 aliphatic rings. The highest BCUT2D eigenvalue weighted by atomic mass is 32.2. The zero-order valence-electron chi connectivity index (χ0n) is 21.0. The number of hydrogen-bond acceptors (Lipinski definition) is 8. The average Bonchev–Trinajstić information content (AvgIpc) is 3.42. The van der Waals surface area contributed by atoms with Gasteiger partial charge in [-0.25, -0.2) is 4.79 Å². The number of fused-ring (bicyclic) bond motifs is 1. The van der Waals surface area contributed by atoms with Gasteiger partial charge in [0.1, 0.15) is 16.6 Å². The molecule has 1 aliphatic carbocycles. The third kappa shape index (κ3) is 6.10. The number of nitrogens with one attached hydrogen (secondary N) is 1. The summed E-state index contributed by atoms with van der Waals surface area (Å²) in [5.74, 6) is 1.26. The number of aryl methyl sites for hydroxylation is 1. The fourth-order valence-electron chi connectivity index (χ4n) is 4.42. The maximum Gasteiger partial charge on any atom is 0.341 e. The molecule has 3 aromatic rings. The van der Waals surface area contributed by atoms with Gasteiger partial charge >= 0.3 is 5.97 Å². The van der Waals surface area contributed by atoms with Gasteiger partial charge in [-0.15, -0.1) is 21.5 Å². The molecular formula is C26H32N4O4S2. The lowest BCUT2D eigenvalue weighted by molar-refractivity contribution is -0.113. The highest BCUT2D eigenvalue weighted by Crippen LogP contribution is 2.37. The van der Waals surface area contributed by atoms with Crippen LogP contribution in [0, 0.1) is 0 Å². The lowest BCUT2D eigenvalue weighted by Crippen LogP contribution is -2.17. The number of thioether (sulfide) groups is 1. The Kier molecular flexibility index (Phi) is 9.03. The second-order valence-electron chi connectivity index (χ2n) is 8.62. The molecule has 0 unspecified atom stereocenters. The van der Waals surface area contributed by atoms with Gasteiger partial charge in [0.15, 0.2) is 5.16 Å². The fraction of sp³-hybridized carbons (Fsp3) is 0.462. The predicted octanol–water partition coefficient (Wildman–Crippen LogP) is 5.14. The molecule has 10 heteroatoms. The van der Waals surface area contributed by atoms with Gasteiger partial charge in [0.2, 0.25) is 5.91 Å². The van der Waals surface area contributed by atoms with Gasteiger partial charge in [0, 0.05) is 17.8 Å². The maximum absolute atomic E-state index is 12.9. The normalized spacial score (nSPS) is 13.4. The first-order chi connectivity index (χ1) is 17.5. The van der Waals surface area contributed by atoms with Crippen LogP contribution < -0.4 is 10.1 Å². The summed E-state index contributed by atoms with van der Waals surface area (Å²) in [5, 5.41) is 13.0. The van der Waals surface area contributed by atoms with Gasteiger partial charge < -0.3 is 19.4 Å². The Morgan fingerprint density at radius 1 is 1.08 bits per heavy atom. The molecule has 1 N–H and O–H groups in total. The number of carbonyl (C=O) groups excluding carboxylic acids is 2. The van der Waals surface area contributed by atoms with Crippen LogP contribution >= 0.6 is 23.1 Å². The molecule has 36 heavy (non-hydrogen) atoms. The number of nitrogens with zero attached hydrogens (tertiary/aromatic N) is 3. The molecule has 1 amide bonds. The molecule has 0 aliphatic heterocycles. The molecule has 0 radical (unpaired) electrons. The molecule has 2 aromatic heterocycles. The summed E-state index contributed by atoms with van der Waals surface area (Å²) in [4.78, 5) is 26.7. The molecular weight excluding hydrogens is 496 g/mol. The van der Waals surface area contributed by atoms with Crippen molar-refractivity contribution < 1.29 is 19.1 Å². The van der Waals surface area contributed by atoms with Gasteiger partial charge in [0.05, 0.1) is 25.5 Å². The van der Waals surface area contributed by atoms with Crippen LogP contribution in [-0.2, 0) is 35.3 Å². The zero-order chi connectivity index (χ0) is 25.5. The third-order valence-corrected chi connectivity index (χ3v) is 8.45. The van der Waals surface area contributed by atoms with E-state index >= 15 is 0 Å². The Morgan fingerprint density at radius 3 is 2.53 bits per heavy atom. The zero-order valence-corrected chi connectivity index (χ0v) is 22.6. The first kappa shape index (κ1) is 26.2. The molecule has 0 saturated heterocycles. The molecule has 8 nitrogen and oxygen atoms in total. The summed E-state index contributed by atoms with van der Waals surface area (Å²) in [7, 11) is 3.03. The van der Waals surface area contributed by atoms with Crippen molar-refractivity contribution >= 4 is 40.0 Å². The minimum atomic E-state index is -0.384. The summed E-state index contributed by atoms with van der Waals surface area (Å²) in [6, 6.07) is 7.88. The van der Waals surface area contributed by atoms with Crippen LogP contribution in [0.1, 0.15) is 64.8 Å². The molecule has 0 fully saturated rings. The summed E-state index contributed by atoms with van der Waals surface area (Å²) in [6.45, 7) is 2.74. The van der Waals surface area contributed by atoms with E-state index < -0.39 is 0 Å². The molecule has 192 valence electrons. The smallest absolute Gasteiger partial charge is 0.341 e. The summed E-state index contributed by atoms with van der Waals surface area (Å²) < 4.78 is 12.3. The van der Waals surface area contributed by atoms with Crippen LogP contribution in [0.15, 0.2) is 29.4 Å². The van der Waals surface area contributed by atoms with E-state index in [0.29, 0.717) is 28.7 Å². The van der Waals surface area contributed by atoms with Gasteiger partial charge in [-0.3, -0.25) is 4.79 Å². The van der Waals surface area contributed by atoms with E-state index in [4.69, 9.17) is 9.47 Å². The number of ether oxygens (including phenoxy) is 2. The number of carbonyl (C=O) groups is 2.